The van der Waals surface area contributed by atoms with Gasteiger partial charge in [0.1, 0.15) is 11.6 Å². The molecular formula is C16H19F2N3O2. The Bertz CT molecular complexity index is 638. The maximum absolute atomic E-state index is 13.9. The van der Waals surface area contributed by atoms with E-state index in [2.05, 4.69) is 5.32 Å². The molecule has 2 aliphatic rings. The van der Waals surface area contributed by atoms with Crippen molar-refractivity contribution in [3.63, 3.8) is 0 Å². The summed E-state index contributed by atoms with van der Waals surface area (Å²) in [5.74, 6) is -2.34. The average Bonchev–Trinajstić information content (AvgIpc) is 2.89. The van der Waals surface area contributed by atoms with Crippen LogP contribution in [0.25, 0.3) is 0 Å². The monoisotopic (exact) mass is 323 g/mol. The number of carbonyl (C=O) groups is 2. The van der Waals surface area contributed by atoms with Crippen LogP contribution >= 0.6 is 0 Å². The molecule has 0 radical (unpaired) electrons. The van der Waals surface area contributed by atoms with Gasteiger partial charge in [-0.3, -0.25) is 9.59 Å². The van der Waals surface area contributed by atoms with Crippen LogP contribution in [0.1, 0.15) is 13.3 Å². The highest BCUT2D eigenvalue weighted by Crippen LogP contribution is 2.29. The van der Waals surface area contributed by atoms with Crippen molar-refractivity contribution in [1.29, 1.82) is 0 Å². The maximum Gasteiger partial charge on any atom is 0.228 e. The minimum absolute atomic E-state index is 0.0278. The summed E-state index contributed by atoms with van der Waals surface area (Å²) in [5, 5.41) is 3.21. The predicted molar refractivity (Wildman–Crippen MR) is 80.9 cm³/mol. The molecule has 3 rings (SSSR count). The Kier molecular flexibility index (Phi) is 4.30. The van der Waals surface area contributed by atoms with Gasteiger partial charge in [0.15, 0.2) is 0 Å². The quantitative estimate of drug-likeness (QED) is 0.888. The number of nitrogens with one attached hydrogen (secondary N) is 1. The smallest absolute Gasteiger partial charge is 0.228 e. The SMILES string of the molecule is C[C@H]1CNCCN1C(=O)C1CC(=O)N(c2ccc(F)cc2F)C1. The Morgan fingerprint density at radius 3 is 2.83 bits per heavy atom. The van der Waals surface area contributed by atoms with E-state index >= 15 is 0 Å². The van der Waals surface area contributed by atoms with Gasteiger partial charge in [0.25, 0.3) is 0 Å². The first-order valence-corrected chi connectivity index (χ1v) is 7.74. The number of amides is 2. The number of halogens is 2. The van der Waals surface area contributed by atoms with Crippen LogP contribution < -0.4 is 10.2 Å². The number of hydrogen-bond acceptors (Lipinski definition) is 3. The Morgan fingerprint density at radius 1 is 1.35 bits per heavy atom. The lowest BCUT2D eigenvalue weighted by molar-refractivity contribution is -0.138. The Balaban J connectivity index is 1.75. The minimum Gasteiger partial charge on any atom is -0.337 e. The Morgan fingerprint density at radius 2 is 2.13 bits per heavy atom. The van der Waals surface area contributed by atoms with Crippen molar-refractivity contribution in [2.45, 2.75) is 19.4 Å². The van der Waals surface area contributed by atoms with E-state index < -0.39 is 17.6 Å². The summed E-state index contributed by atoms with van der Waals surface area (Å²) in [6.45, 7) is 4.15. The molecule has 23 heavy (non-hydrogen) atoms. The van der Waals surface area contributed by atoms with Crippen LogP contribution in [0.15, 0.2) is 18.2 Å². The largest absolute Gasteiger partial charge is 0.337 e. The highest BCUT2D eigenvalue weighted by Gasteiger charge is 2.39. The van der Waals surface area contributed by atoms with E-state index in [-0.39, 0.29) is 36.5 Å². The van der Waals surface area contributed by atoms with E-state index in [1.54, 1.807) is 4.90 Å². The van der Waals surface area contributed by atoms with Crippen molar-refractivity contribution in [1.82, 2.24) is 10.2 Å². The zero-order valence-electron chi connectivity index (χ0n) is 12.9. The second kappa shape index (κ2) is 6.23. The third kappa shape index (κ3) is 3.06. The molecular weight excluding hydrogens is 304 g/mol. The Labute approximate surface area is 133 Å². The molecule has 1 unspecified atom stereocenters. The van der Waals surface area contributed by atoms with Gasteiger partial charge in [0.2, 0.25) is 11.8 Å². The summed E-state index contributed by atoms with van der Waals surface area (Å²) in [5.41, 5.74) is 0.0278. The van der Waals surface area contributed by atoms with E-state index in [1.807, 2.05) is 6.92 Å². The standard InChI is InChI=1S/C16H19F2N3O2/c1-10-8-19-4-5-20(10)16(23)11-6-15(22)21(9-11)14-3-2-12(17)7-13(14)18/h2-3,7,10-11,19H,4-6,8-9H2,1H3/t10-,11?/m0/s1. The van der Waals surface area contributed by atoms with Gasteiger partial charge in [0, 0.05) is 44.7 Å². The van der Waals surface area contributed by atoms with E-state index in [0.717, 1.165) is 25.2 Å². The molecule has 124 valence electrons. The van der Waals surface area contributed by atoms with Crippen molar-refractivity contribution in [2.75, 3.05) is 31.1 Å². The van der Waals surface area contributed by atoms with Crippen molar-refractivity contribution in [2.24, 2.45) is 5.92 Å². The fourth-order valence-electron chi connectivity index (χ4n) is 3.21. The molecule has 2 saturated heterocycles. The molecule has 7 heteroatoms. The lowest BCUT2D eigenvalue weighted by Gasteiger charge is -2.35. The fourth-order valence-corrected chi connectivity index (χ4v) is 3.21. The molecule has 1 aromatic carbocycles. The number of benzene rings is 1. The zero-order valence-corrected chi connectivity index (χ0v) is 12.9. The van der Waals surface area contributed by atoms with Gasteiger partial charge in [-0.05, 0) is 19.1 Å². The van der Waals surface area contributed by atoms with E-state index in [4.69, 9.17) is 0 Å². The summed E-state index contributed by atoms with van der Waals surface area (Å²) in [6.07, 6.45) is 0.0618. The first kappa shape index (κ1) is 15.9. The van der Waals surface area contributed by atoms with Gasteiger partial charge in [0.05, 0.1) is 11.6 Å². The number of rotatable bonds is 2. The third-order valence-corrected chi connectivity index (χ3v) is 4.46. The lowest BCUT2D eigenvalue weighted by Crippen LogP contribution is -2.54. The van der Waals surface area contributed by atoms with Crippen molar-refractivity contribution >= 4 is 17.5 Å². The molecule has 2 heterocycles. The average molecular weight is 323 g/mol. The molecule has 0 aliphatic carbocycles. The van der Waals surface area contributed by atoms with E-state index in [0.29, 0.717) is 6.54 Å². The highest BCUT2D eigenvalue weighted by atomic mass is 19.1. The van der Waals surface area contributed by atoms with E-state index in [1.165, 1.54) is 11.0 Å². The fraction of sp³-hybridized carbons (Fsp3) is 0.500. The van der Waals surface area contributed by atoms with Crippen LogP contribution in [-0.2, 0) is 9.59 Å². The van der Waals surface area contributed by atoms with Gasteiger partial charge >= 0.3 is 0 Å². The molecule has 1 aromatic rings. The molecule has 2 amide bonds. The molecule has 0 bridgehead atoms. The number of carbonyl (C=O) groups excluding carboxylic acids is 2. The Hall–Kier alpha value is -2.02. The first-order valence-electron chi connectivity index (χ1n) is 7.74. The van der Waals surface area contributed by atoms with Gasteiger partial charge in [-0.2, -0.15) is 0 Å². The van der Waals surface area contributed by atoms with Gasteiger partial charge < -0.3 is 15.1 Å². The predicted octanol–water partition coefficient (Wildman–Crippen LogP) is 1.14. The molecule has 2 fully saturated rings. The van der Waals surface area contributed by atoms with Crippen LogP contribution in [-0.4, -0.2) is 48.9 Å². The van der Waals surface area contributed by atoms with Gasteiger partial charge in [-0.25, -0.2) is 8.78 Å². The van der Waals surface area contributed by atoms with Crippen LogP contribution in [0, 0.1) is 17.6 Å². The second-order valence-corrected chi connectivity index (χ2v) is 6.09. The summed E-state index contributed by atoms with van der Waals surface area (Å²) < 4.78 is 26.9. The number of nitrogens with zero attached hydrogens (tertiary/aromatic N) is 2. The van der Waals surface area contributed by atoms with Crippen molar-refractivity contribution in [3.8, 4) is 0 Å². The molecule has 1 N–H and O–H groups in total. The van der Waals surface area contributed by atoms with E-state index in [9.17, 15) is 18.4 Å². The number of anilines is 1. The van der Waals surface area contributed by atoms with Crippen LogP contribution in [0.4, 0.5) is 14.5 Å². The highest BCUT2D eigenvalue weighted by molar-refractivity contribution is 6.00. The second-order valence-electron chi connectivity index (χ2n) is 6.09. The summed E-state index contributed by atoms with van der Waals surface area (Å²) in [4.78, 5) is 27.8. The minimum atomic E-state index is -0.790. The third-order valence-electron chi connectivity index (χ3n) is 4.46. The molecule has 0 spiro atoms. The van der Waals surface area contributed by atoms with Crippen LogP contribution in [0.2, 0.25) is 0 Å². The number of hydrogen-bond donors (Lipinski definition) is 1. The summed E-state index contributed by atoms with van der Waals surface area (Å²) in [6, 6.07) is 3.17. The molecule has 0 saturated carbocycles. The molecule has 0 aromatic heterocycles. The molecule has 2 aliphatic heterocycles. The topological polar surface area (TPSA) is 52.7 Å². The van der Waals surface area contributed by atoms with Crippen molar-refractivity contribution in [3.05, 3.63) is 29.8 Å². The van der Waals surface area contributed by atoms with Gasteiger partial charge in [-0.15, -0.1) is 0 Å². The van der Waals surface area contributed by atoms with Crippen LogP contribution in [0.5, 0.6) is 0 Å². The summed E-state index contributed by atoms with van der Waals surface area (Å²) >= 11 is 0. The van der Waals surface area contributed by atoms with Crippen LogP contribution in [0.3, 0.4) is 0 Å². The number of piperazine rings is 1. The normalized spacial score (nSPS) is 25.1. The lowest BCUT2D eigenvalue weighted by atomic mass is 10.1. The summed E-state index contributed by atoms with van der Waals surface area (Å²) in [7, 11) is 0. The molecule has 2 atom stereocenters. The van der Waals surface area contributed by atoms with Gasteiger partial charge in [-0.1, -0.05) is 0 Å². The first-order chi connectivity index (χ1) is 11.0. The maximum atomic E-state index is 13.9. The molecule has 5 nitrogen and oxygen atoms in total. The van der Waals surface area contributed by atoms with Crippen molar-refractivity contribution < 1.29 is 18.4 Å². The zero-order chi connectivity index (χ0) is 16.6.